The monoisotopic (exact) mass is 330 g/mol. The van der Waals surface area contributed by atoms with Gasteiger partial charge >= 0.3 is 98.1 Å². The summed E-state index contributed by atoms with van der Waals surface area (Å²) in [6.45, 7) is 1.58. The summed E-state index contributed by atoms with van der Waals surface area (Å²) in [5.74, 6) is 0. The van der Waals surface area contributed by atoms with Crippen molar-refractivity contribution in [3.05, 3.63) is 0 Å². The molecule has 0 atom stereocenters. The predicted octanol–water partition coefficient (Wildman–Crippen LogP) is 2.27. The minimum absolute atomic E-state index is 0.223. The van der Waals surface area contributed by atoms with Crippen LogP contribution in [0.15, 0.2) is 0 Å². The van der Waals surface area contributed by atoms with Crippen LogP contribution in [0, 0.1) is 0 Å². The molecule has 92 valence electrons. The van der Waals surface area contributed by atoms with E-state index in [0.717, 1.165) is 13.1 Å². The molecule has 0 aromatic heterocycles. The molecule has 2 nitrogen and oxygen atoms in total. The molecule has 0 saturated heterocycles. The van der Waals surface area contributed by atoms with Crippen molar-refractivity contribution < 1.29 is 5.73 Å². The van der Waals surface area contributed by atoms with Crippen molar-refractivity contribution in [3.63, 3.8) is 0 Å². The van der Waals surface area contributed by atoms with Gasteiger partial charge in [0.15, 0.2) is 0 Å². The van der Waals surface area contributed by atoms with Gasteiger partial charge in [0.05, 0.1) is 0 Å². The topological polar surface area (TPSA) is 6.48 Å². The van der Waals surface area contributed by atoms with Crippen molar-refractivity contribution >= 4 is 19.5 Å². The fourth-order valence-corrected chi connectivity index (χ4v) is 6.00. The van der Waals surface area contributed by atoms with E-state index in [-0.39, 0.29) is 8.87 Å². The zero-order valence-electron chi connectivity index (χ0n) is 10.4. The maximum atomic E-state index is 13.5. The van der Waals surface area contributed by atoms with Gasteiger partial charge in [-0.25, -0.2) is 0 Å². The van der Waals surface area contributed by atoms with Gasteiger partial charge in [-0.3, -0.25) is 0 Å². The average molecular weight is 329 g/mol. The average Bonchev–Trinajstić information content (AvgIpc) is 2.01. The summed E-state index contributed by atoms with van der Waals surface area (Å²) in [5, 5.41) is 0. The molecule has 0 unspecified atom stereocenters. The quantitative estimate of drug-likeness (QED) is 0.631. The Kier molecular flexibility index (Phi) is 8.09. The molecule has 0 aromatic rings. The van der Waals surface area contributed by atoms with Crippen LogP contribution < -0.4 is 0 Å². The van der Waals surface area contributed by atoms with Crippen molar-refractivity contribution in [1.82, 2.24) is 9.80 Å². The molecule has 15 heavy (non-hydrogen) atoms. The number of rotatable bonds is 8. The van der Waals surface area contributed by atoms with E-state index in [1.807, 2.05) is 38.0 Å². The van der Waals surface area contributed by atoms with Crippen LogP contribution in [0.25, 0.3) is 0 Å². The van der Waals surface area contributed by atoms with Gasteiger partial charge in [-0.2, -0.15) is 0 Å². The van der Waals surface area contributed by atoms with Crippen LogP contribution in [0.1, 0.15) is 12.8 Å². The van der Waals surface area contributed by atoms with Crippen molar-refractivity contribution in [2.75, 3.05) is 41.3 Å². The van der Waals surface area contributed by atoms with E-state index in [9.17, 15) is 5.73 Å². The van der Waals surface area contributed by atoms with Crippen LogP contribution in [0.5, 0.6) is 0 Å². The molecule has 0 aromatic carbocycles. The van der Waals surface area contributed by atoms with E-state index in [0.29, 0.717) is 12.8 Å². The van der Waals surface area contributed by atoms with E-state index in [2.05, 4.69) is 0 Å². The number of hydrogen-bond acceptors (Lipinski definition) is 2. The Balaban J connectivity index is 3.57. The summed E-state index contributed by atoms with van der Waals surface area (Å²) in [6.07, 6.45) is 1.33. The second kappa shape index (κ2) is 7.79. The molecule has 0 amide bonds. The third kappa shape index (κ3) is 10.9. The Morgan fingerprint density at radius 1 is 0.800 bits per heavy atom. The van der Waals surface area contributed by atoms with Gasteiger partial charge in [0, 0.05) is 0 Å². The van der Waals surface area contributed by atoms with Crippen LogP contribution in [0.4, 0.5) is 5.73 Å². The first-order valence-corrected chi connectivity index (χ1v) is 11.7. The first-order valence-electron chi connectivity index (χ1n) is 5.51. The van der Waals surface area contributed by atoms with Crippen LogP contribution in [0.3, 0.4) is 0 Å². The summed E-state index contributed by atoms with van der Waals surface area (Å²) >= 11 is -4.61. The summed E-state index contributed by atoms with van der Waals surface area (Å²) in [5.41, 5.74) is 0. The molecule has 0 rings (SSSR count). The standard InChI is InChI=1S/2C5H12N.2FH.Sn/c2*1-4-5-6(2)3;;;/h2*1,4-5H2,2-3H3;2*1H;/q;;;;+2/p-2. The normalized spacial score (nSPS) is 12.8. The Morgan fingerprint density at radius 3 is 1.40 bits per heavy atom. The Bertz CT molecular complexity index is 148. The fraction of sp³-hybridized carbons (Fsp3) is 1.00. The summed E-state index contributed by atoms with van der Waals surface area (Å²) in [4.78, 5) is 3.95. The first kappa shape index (κ1) is 15.6. The van der Waals surface area contributed by atoms with E-state index in [1.54, 1.807) is 0 Å². The third-order valence-electron chi connectivity index (χ3n) is 2.30. The SMILES string of the molecule is CN(C)CC[CH2][Sn]([F])([F])[CH2]CCN(C)C. The number of nitrogens with zero attached hydrogens (tertiary/aromatic N) is 2. The van der Waals surface area contributed by atoms with Gasteiger partial charge in [-0.15, -0.1) is 0 Å². The van der Waals surface area contributed by atoms with Crippen LogP contribution in [-0.2, 0) is 0 Å². The minimum atomic E-state index is -4.61. The second-order valence-corrected chi connectivity index (χ2v) is 12.4. The molecule has 0 aliphatic carbocycles. The molecule has 0 bridgehead atoms. The molecular formula is C10H24F2N2Sn. The van der Waals surface area contributed by atoms with E-state index in [1.165, 1.54) is 0 Å². The molecule has 0 heterocycles. The van der Waals surface area contributed by atoms with Crippen LogP contribution in [0.2, 0.25) is 8.87 Å². The predicted molar refractivity (Wildman–Crippen MR) is 63.9 cm³/mol. The van der Waals surface area contributed by atoms with Gasteiger partial charge in [-0.1, -0.05) is 0 Å². The van der Waals surface area contributed by atoms with Crippen molar-refractivity contribution in [2.24, 2.45) is 0 Å². The summed E-state index contributed by atoms with van der Waals surface area (Å²) < 4.78 is 27.4. The van der Waals surface area contributed by atoms with Gasteiger partial charge in [0.2, 0.25) is 0 Å². The van der Waals surface area contributed by atoms with Gasteiger partial charge in [0.1, 0.15) is 0 Å². The molecule has 0 saturated carbocycles. The van der Waals surface area contributed by atoms with E-state index < -0.39 is 19.5 Å². The molecule has 0 N–H and O–H groups in total. The fourth-order valence-electron chi connectivity index (χ4n) is 1.43. The molecule has 5 heteroatoms. The zero-order valence-corrected chi connectivity index (χ0v) is 13.2. The summed E-state index contributed by atoms with van der Waals surface area (Å²) in [7, 11) is 7.72. The maximum absolute atomic E-state index is 13.5. The Hall–Kier alpha value is 0.579. The molecule has 0 radical (unpaired) electrons. The number of hydrogen-bond donors (Lipinski definition) is 0. The van der Waals surface area contributed by atoms with Crippen molar-refractivity contribution in [3.8, 4) is 0 Å². The molecule has 0 spiro atoms. The van der Waals surface area contributed by atoms with E-state index >= 15 is 0 Å². The number of halogens is 2. The molecule has 0 aliphatic heterocycles. The molecule has 0 fully saturated rings. The summed E-state index contributed by atoms with van der Waals surface area (Å²) in [6, 6.07) is 0. The molecule has 0 aliphatic rings. The van der Waals surface area contributed by atoms with Crippen LogP contribution in [-0.4, -0.2) is 70.6 Å². The van der Waals surface area contributed by atoms with Gasteiger partial charge in [0.25, 0.3) is 0 Å². The van der Waals surface area contributed by atoms with Crippen molar-refractivity contribution in [1.29, 1.82) is 0 Å². The second-order valence-electron chi connectivity index (χ2n) is 4.67. The Morgan fingerprint density at radius 2 is 1.13 bits per heavy atom. The first-order chi connectivity index (χ1) is 6.83. The van der Waals surface area contributed by atoms with E-state index in [4.69, 9.17) is 0 Å². The third-order valence-corrected chi connectivity index (χ3v) is 8.49. The Labute approximate surface area is 98.0 Å². The van der Waals surface area contributed by atoms with Gasteiger partial charge < -0.3 is 0 Å². The van der Waals surface area contributed by atoms with Crippen molar-refractivity contribution in [2.45, 2.75) is 21.7 Å². The molecular weight excluding hydrogens is 305 g/mol. The van der Waals surface area contributed by atoms with Gasteiger partial charge in [-0.05, 0) is 0 Å². The van der Waals surface area contributed by atoms with Crippen LogP contribution >= 0.6 is 0 Å². The zero-order chi connectivity index (χ0) is 11.9.